The van der Waals surface area contributed by atoms with Crippen LogP contribution < -0.4 is 15.5 Å². The van der Waals surface area contributed by atoms with E-state index in [2.05, 4.69) is 42.4 Å². The predicted molar refractivity (Wildman–Crippen MR) is 198 cm³/mol. The Hall–Kier alpha value is -3.86. The number of aromatic nitrogens is 2. The van der Waals surface area contributed by atoms with Gasteiger partial charge in [-0.05, 0) is 92.3 Å². The Balaban J connectivity index is 0.000000649. The molecule has 16 heteroatoms. The van der Waals surface area contributed by atoms with Gasteiger partial charge >= 0.3 is 18.2 Å². The van der Waals surface area contributed by atoms with Gasteiger partial charge in [0.15, 0.2) is 5.01 Å². The summed E-state index contributed by atoms with van der Waals surface area (Å²) in [6.45, 7) is 11.6. The lowest BCUT2D eigenvalue weighted by atomic mass is 9.71. The number of benzene rings is 1. The molecule has 3 fully saturated rings. The van der Waals surface area contributed by atoms with Gasteiger partial charge in [0.2, 0.25) is 0 Å². The van der Waals surface area contributed by atoms with E-state index >= 15 is 0 Å². The van der Waals surface area contributed by atoms with Gasteiger partial charge in [-0.25, -0.2) is 19.6 Å². The molecule has 5 heterocycles. The lowest BCUT2D eigenvalue weighted by molar-refractivity contribution is -0.192. The van der Waals surface area contributed by atoms with E-state index in [1.165, 1.54) is 16.9 Å². The second-order valence-corrected chi connectivity index (χ2v) is 16.9. The Morgan fingerprint density at radius 3 is 2.48 bits per heavy atom. The van der Waals surface area contributed by atoms with Gasteiger partial charge in [0.1, 0.15) is 15.9 Å². The van der Waals surface area contributed by atoms with Crippen LogP contribution in [-0.2, 0) is 22.4 Å². The number of carbonyl (C=O) groups is 3. The average molecular weight is 775 g/mol. The Morgan fingerprint density at radius 2 is 1.81 bits per heavy atom. The standard InChI is InChI=1S/C36H48N6O4S.C2HF3O2/c1-35(2,3)25-7-8-28-24(19-25)21-30-32(39-28)47-33(40-30)31(44)38-29(11-18-41-16-9-27(43)10-17-41)23-5-4-6-26(20-23)42-22-36(46-34(42)45)12-14-37-15-13-36;3-2(4,5)1(6)7/h4-6,20-21,25,27,29,37,43H,7-19,22H2,1-3H3,(H,38,44);(H,6,7)/t25-,29+;/m0./s1. The van der Waals surface area contributed by atoms with Crippen molar-refractivity contribution in [1.29, 1.82) is 0 Å². The fraction of sp³-hybridized carbons (Fsp3) is 0.605. The summed E-state index contributed by atoms with van der Waals surface area (Å²) in [5, 5.41) is 24.2. The number of carboxylic acids is 1. The van der Waals surface area contributed by atoms with Crippen LogP contribution in [0.2, 0.25) is 0 Å². The lowest BCUT2D eigenvalue weighted by Gasteiger charge is -2.34. The van der Waals surface area contributed by atoms with Crippen LogP contribution in [0.15, 0.2) is 30.3 Å². The SMILES string of the molecule is CC(C)(C)[C@H]1CCc2nc3sc(C(=O)N[C@H](CCN4CCC(O)CC4)c4cccc(N5CC6(CCNCC6)OC5=O)c4)nc3cc2C1.O=C(O)C(F)(F)F. The number of nitrogens with zero attached hydrogens (tertiary/aromatic N) is 4. The quantitative estimate of drug-likeness (QED) is 0.229. The van der Waals surface area contributed by atoms with E-state index in [1.54, 1.807) is 4.90 Å². The number of amides is 2. The van der Waals surface area contributed by atoms with Crippen molar-refractivity contribution >= 4 is 45.3 Å². The van der Waals surface area contributed by atoms with Gasteiger partial charge in [-0.2, -0.15) is 13.2 Å². The molecule has 1 spiro atoms. The van der Waals surface area contributed by atoms with E-state index in [0.29, 0.717) is 23.9 Å². The zero-order chi connectivity index (χ0) is 38.8. The number of aliphatic hydroxyl groups is 1. The predicted octanol–water partition coefficient (Wildman–Crippen LogP) is 5.87. The second kappa shape index (κ2) is 16.1. The summed E-state index contributed by atoms with van der Waals surface area (Å²) < 4.78 is 37.7. The first-order chi connectivity index (χ1) is 25.5. The highest BCUT2D eigenvalue weighted by Crippen LogP contribution is 2.39. The number of anilines is 1. The van der Waals surface area contributed by atoms with Crippen molar-refractivity contribution in [3.63, 3.8) is 0 Å². The second-order valence-electron chi connectivity index (χ2n) is 15.9. The minimum absolute atomic E-state index is 0.211. The molecule has 7 rings (SSSR count). The lowest BCUT2D eigenvalue weighted by Crippen LogP contribution is -2.44. The number of piperidine rings is 2. The number of rotatable bonds is 7. The first-order valence-electron chi connectivity index (χ1n) is 18.6. The third-order valence-corrected chi connectivity index (χ3v) is 12.0. The van der Waals surface area contributed by atoms with Crippen molar-refractivity contribution in [2.24, 2.45) is 11.3 Å². The van der Waals surface area contributed by atoms with E-state index in [9.17, 15) is 27.9 Å². The van der Waals surface area contributed by atoms with Crippen molar-refractivity contribution < 1.29 is 42.5 Å². The molecule has 1 aromatic carbocycles. The molecular formula is C38H49F3N6O6S. The summed E-state index contributed by atoms with van der Waals surface area (Å²) in [7, 11) is 0. The molecule has 54 heavy (non-hydrogen) atoms. The highest BCUT2D eigenvalue weighted by Gasteiger charge is 2.46. The molecule has 2 atom stereocenters. The molecule has 2 aromatic heterocycles. The van der Waals surface area contributed by atoms with Crippen molar-refractivity contribution in [3.8, 4) is 0 Å². The molecule has 4 N–H and O–H groups in total. The molecule has 0 unspecified atom stereocenters. The Labute approximate surface area is 316 Å². The topological polar surface area (TPSA) is 157 Å². The zero-order valence-corrected chi connectivity index (χ0v) is 31.7. The van der Waals surface area contributed by atoms with E-state index in [-0.39, 0.29) is 29.6 Å². The fourth-order valence-corrected chi connectivity index (χ4v) is 8.56. The Morgan fingerprint density at radius 1 is 1.11 bits per heavy atom. The van der Waals surface area contributed by atoms with Crippen LogP contribution in [0.25, 0.3) is 10.3 Å². The van der Waals surface area contributed by atoms with Gasteiger partial charge in [0.05, 0.1) is 18.7 Å². The van der Waals surface area contributed by atoms with Crippen LogP contribution in [0.4, 0.5) is 23.7 Å². The van der Waals surface area contributed by atoms with Gasteiger partial charge in [-0.1, -0.05) is 44.2 Å². The number of thiazole rings is 1. The Bertz CT molecular complexity index is 1830. The number of carboxylic acid groups (broad SMARTS) is 1. The first-order valence-corrected chi connectivity index (χ1v) is 19.4. The summed E-state index contributed by atoms with van der Waals surface area (Å²) in [5.41, 5.74) is 4.71. The van der Waals surface area contributed by atoms with Gasteiger partial charge in [0.25, 0.3) is 5.91 Å². The van der Waals surface area contributed by atoms with E-state index < -0.39 is 17.7 Å². The Kier molecular flexibility index (Phi) is 11.9. The number of aliphatic hydroxyl groups excluding tert-OH is 1. The summed E-state index contributed by atoms with van der Waals surface area (Å²) in [6.07, 6.45) is 1.28. The number of carbonyl (C=O) groups excluding carboxylic acids is 2. The number of hydrogen-bond acceptors (Lipinski definition) is 10. The number of pyridine rings is 1. The minimum Gasteiger partial charge on any atom is -0.475 e. The number of halogens is 3. The number of aliphatic carboxylic acids is 1. The molecule has 3 aromatic rings. The van der Waals surface area contributed by atoms with Gasteiger partial charge in [0, 0.05) is 43.9 Å². The highest BCUT2D eigenvalue weighted by atomic mass is 32.1. The van der Waals surface area contributed by atoms with Crippen LogP contribution >= 0.6 is 11.3 Å². The van der Waals surface area contributed by atoms with Crippen molar-refractivity contribution in [2.75, 3.05) is 44.2 Å². The molecule has 2 amide bonds. The number of likely N-dealkylation sites (tertiary alicyclic amines) is 1. The van der Waals surface area contributed by atoms with Gasteiger partial charge < -0.3 is 30.5 Å². The number of nitrogens with one attached hydrogen (secondary N) is 2. The normalized spacial score (nSPS) is 21.3. The van der Waals surface area contributed by atoms with Crippen molar-refractivity contribution in [3.05, 3.63) is 52.2 Å². The molecule has 3 saturated heterocycles. The molecule has 3 aliphatic heterocycles. The molecular weight excluding hydrogens is 726 g/mol. The number of hydrogen-bond donors (Lipinski definition) is 4. The molecule has 294 valence electrons. The molecule has 1 aliphatic carbocycles. The third-order valence-electron chi connectivity index (χ3n) is 11.1. The molecule has 0 radical (unpaired) electrons. The number of alkyl halides is 3. The maximum Gasteiger partial charge on any atom is 0.490 e. The maximum absolute atomic E-state index is 13.9. The molecule has 0 bridgehead atoms. The zero-order valence-electron chi connectivity index (χ0n) is 30.9. The van der Waals surface area contributed by atoms with Crippen LogP contribution in [0.3, 0.4) is 0 Å². The number of ether oxygens (including phenoxy) is 1. The monoisotopic (exact) mass is 774 g/mol. The third kappa shape index (κ3) is 9.50. The van der Waals surface area contributed by atoms with Gasteiger partial charge in [-0.3, -0.25) is 9.69 Å². The highest BCUT2D eigenvalue weighted by molar-refractivity contribution is 7.19. The van der Waals surface area contributed by atoms with Crippen LogP contribution in [0.1, 0.15) is 92.0 Å². The minimum atomic E-state index is -5.08. The van der Waals surface area contributed by atoms with E-state index in [4.69, 9.17) is 24.6 Å². The summed E-state index contributed by atoms with van der Waals surface area (Å²) in [5.74, 6) is -2.37. The smallest absolute Gasteiger partial charge is 0.475 e. The summed E-state index contributed by atoms with van der Waals surface area (Å²) in [4.78, 5) is 50.5. The van der Waals surface area contributed by atoms with E-state index in [0.717, 1.165) is 105 Å². The molecule has 12 nitrogen and oxygen atoms in total. The summed E-state index contributed by atoms with van der Waals surface area (Å²) >= 11 is 1.36. The average Bonchev–Trinajstić information content (AvgIpc) is 3.69. The fourth-order valence-electron chi connectivity index (χ4n) is 7.72. The van der Waals surface area contributed by atoms with E-state index in [1.807, 2.05) is 24.3 Å². The van der Waals surface area contributed by atoms with Crippen LogP contribution in [0, 0.1) is 11.3 Å². The van der Waals surface area contributed by atoms with Crippen LogP contribution in [-0.4, -0.2) is 100 Å². The van der Waals surface area contributed by atoms with Crippen molar-refractivity contribution in [2.45, 2.75) is 96.1 Å². The van der Waals surface area contributed by atoms with Crippen LogP contribution in [0.5, 0.6) is 0 Å². The number of fused-ring (bicyclic) bond motifs is 2. The maximum atomic E-state index is 13.9. The summed E-state index contributed by atoms with van der Waals surface area (Å²) in [6, 6.07) is 9.81. The molecule has 4 aliphatic rings. The number of aryl methyl sites for hydroxylation is 1. The molecule has 0 saturated carbocycles. The van der Waals surface area contributed by atoms with Gasteiger partial charge in [-0.15, -0.1) is 0 Å². The largest absolute Gasteiger partial charge is 0.490 e. The van der Waals surface area contributed by atoms with Crippen molar-refractivity contribution in [1.82, 2.24) is 25.5 Å². The first kappa shape index (κ1) is 39.8.